The zero-order valence-electron chi connectivity index (χ0n) is 12.2. The number of aryl methyl sites for hydroxylation is 1. The van der Waals surface area contributed by atoms with Gasteiger partial charge in [-0.1, -0.05) is 12.1 Å². The van der Waals surface area contributed by atoms with Crippen LogP contribution in [0.15, 0.2) is 18.2 Å². The number of hydrogen-bond acceptors (Lipinski definition) is 2. The van der Waals surface area contributed by atoms with Gasteiger partial charge in [0.05, 0.1) is 0 Å². The van der Waals surface area contributed by atoms with Gasteiger partial charge in [0.1, 0.15) is 5.82 Å². The lowest BCUT2D eigenvalue weighted by Gasteiger charge is -2.23. The quantitative estimate of drug-likeness (QED) is 0.866. The highest BCUT2D eigenvalue weighted by Gasteiger charge is 2.09. The van der Waals surface area contributed by atoms with Gasteiger partial charge in [0.25, 0.3) is 0 Å². The van der Waals surface area contributed by atoms with E-state index in [4.69, 9.17) is 0 Å². The molecule has 0 fully saturated rings. The van der Waals surface area contributed by atoms with Crippen LogP contribution in [0.3, 0.4) is 0 Å². The average Bonchev–Trinajstić information content (AvgIpc) is 2.21. The summed E-state index contributed by atoms with van der Waals surface area (Å²) in [5.74, 6) is -0.129. The van der Waals surface area contributed by atoms with E-state index in [1.54, 1.807) is 13.0 Å². The fourth-order valence-electron chi connectivity index (χ4n) is 1.82. The Kier molecular flexibility index (Phi) is 5.29. The molecule has 0 amide bonds. The molecule has 18 heavy (non-hydrogen) atoms. The smallest absolute Gasteiger partial charge is 0.126 e. The van der Waals surface area contributed by atoms with Crippen molar-refractivity contribution in [2.75, 3.05) is 20.1 Å². The monoisotopic (exact) mass is 252 g/mol. The number of nitrogens with one attached hydrogen (secondary N) is 1. The summed E-state index contributed by atoms with van der Waals surface area (Å²) in [5.41, 5.74) is 2.04. The number of likely N-dealkylation sites (N-methyl/N-ethyl adjacent to an activating group) is 1. The van der Waals surface area contributed by atoms with Gasteiger partial charge in [0.15, 0.2) is 0 Å². The molecule has 0 radical (unpaired) electrons. The van der Waals surface area contributed by atoms with E-state index >= 15 is 0 Å². The van der Waals surface area contributed by atoms with Crippen molar-refractivity contribution in [3.8, 4) is 0 Å². The molecule has 0 atom stereocenters. The summed E-state index contributed by atoms with van der Waals surface area (Å²) in [4.78, 5) is 2.24. The van der Waals surface area contributed by atoms with Crippen LogP contribution in [0.25, 0.3) is 0 Å². The molecule has 0 saturated heterocycles. The molecule has 0 saturated carbocycles. The predicted molar refractivity (Wildman–Crippen MR) is 75.2 cm³/mol. The van der Waals surface area contributed by atoms with Gasteiger partial charge in [-0.05, 0) is 51.9 Å². The summed E-state index contributed by atoms with van der Waals surface area (Å²) in [6.07, 6.45) is 0. The number of hydrogen-bond donors (Lipinski definition) is 1. The van der Waals surface area contributed by atoms with Gasteiger partial charge in [-0.15, -0.1) is 0 Å². The molecule has 0 aliphatic rings. The lowest BCUT2D eigenvalue weighted by atomic mass is 10.1. The van der Waals surface area contributed by atoms with Gasteiger partial charge in [-0.2, -0.15) is 0 Å². The minimum atomic E-state index is -0.129. The first-order chi connectivity index (χ1) is 8.28. The fourth-order valence-corrected chi connectivity index (χ4v) is 1.82. The van der Waals surface area contributed by atoms with Crippen LogP contribution >= 0.6 is 0 Å². The molecule has 0 aliphatic heterocycles. The summed E-state index contributed by atoms with van der Waals surface area (Å²) < 4.78 is 13.1. The lowest BCUT2D eigenvalue weighted by molar-refractivity contribution is 0.303. The van der Waals surface area contributed by atoms with Crippen molar-refractivity contribution in [1.29, 1.82) is 0 Å². The SMILES string of the molecule is Cc1cc(CN(C)CCNC(C)(C)C)ccc1F. The van der Waals surface area contributed by atoms with E-state index in [1.165, 1.54) is 0 Å². The van der Waals surface area contributed by atoms with Crippen molar-refractivity contribution in [3.05, 3.63) is 35.1 Å². The molecule has 1 aromatic carbocycles. The molecule has 0 bridgehead atoms. The molecule has 1 aromatic rings. The van der Waals surface area contributed by atoms with E-state index in [-0.39, 0.29) is 11.4 Å². The van der Waals surface area contributed by atoms with Crippen molar-refractivity contribution in [2.24, 2.45) is 0 Å². The second-order valence-electron chi connectivity index (χ2n) is 6.00. The Morgan fingerprint density at radius 3 is 2.50 bits per heavy atom. The molecule has 0 aliphatic carbocycles. The minimum absolute atomic E-state index is 0.129. The second kappa shape index (κ2) is 6.30. The largest absolute Gasteiger partial charge is 0.311 e. The van der Waals surface area contributed by atoms with Crippen LogP contribution in [-0.2, 0) is 6.54 Å². The third-order valence-corrected chi connectivity index (χ3v) is 2.82. The number of nitrogens with zero attached hydrogens (tertiary/aromatic N) is 1. The average molecular weight is 252 g/mol. The van der Waals surface area contributed by atoms with Gasteiger partial charge >= 0.3 is 0 Å². The van der Waals surface area contributed by atoms with Crippen LogP contribution in [0.1, 0.15) is 31.9 Å². The maximum absolute atomic E-state index is 13.1. The van der Waals surface area contributed by atoms with Gasteiger partial charge in [-0.25, -0.2) is 4.39 Å². The molecule has 0 spiro atoms. The standard InChI is InChI=1S/C15H25FN2/c1-12-10-13(6-7-14(12)16)11-18(5)9-8-17-15(2,3)4/h6-7,10,17H,8-9,11H2,1-5H3. The van der Waals surface area contributed by atoms with Gasteiger partial charge in [0.2, 0.25) is 0 Å². The van der Waals surface area contributed by atoms with E-state index in [0.717, 1.165) is 25.2 Å². The maximum Gasteiger partial charge on any atom is 0.126 e. The van der Waals surface area contributed by atoms with Crippen LogP contribution in [0, 0.1) is 12.7 Å². The molecule has 1 N–H and O–H groups in total. The number of rotatable bonds is 5. The Balaban J connectivity index is 2.40. The molecule has 0 unspecified atom stereocenters. The Bertz CT molecular complexity index is 383. The molecular weight excluding hydrogens is 227 g/mol. The van der Waals surface area contributed by atoms with E-state index < -0.39 is 0 Å². The molecule has 2 nitrogen and oxygen atoms in total. The van der Waals surface area contributed by atoms with Crippen molar-refractivity contribution in [1.82, 2.24) is 10.2 Å². The van der Waals surface area contributed by atoms with E-state index in [9.17, 15) is 4.39 Å². The van der Waals surface area contributed by atoms with Gasteiger partial charge < -0.3 is 10.2 Å². The van der Waals surface area contributed by atoms with Crippen molar-refractivity contribution in [3.63, 3.8) is 0 Å². The Hall–Kier alpha value is -0.930. The van der Waals surface area contributed by atoms with E-state index in [1.807, 2.05) is 12.1 Å². The molecular formula is C15H25FN2. The zero-order chi connectivity index (χ0) is 13.8. The summed E-state index contributed by atoms with van der Waals surface area (Å²) in [6.45, 7) is 11.1. The number of halogens is 1. The van der Waals surface area contributed by atoms with Crippen molar-refractivity contribution < 1.29 is 4.39 Å². The molecule has 1 rings (SSSR count). The second-order valence-corrected chi connectivity index (χ2v) is 6.00. The molecule has 3 heteroatoms. The third-order valence-electron chi connectivity index (χ3n) is 2.82. The van der Waals surface area contributed by atoms with Crippen LogP contribution in [0.5, 0.6) is 0 Å². The highest BCUT2D eigenvalue weighted by Crippen LogP contribution is 2.10. The first-order valence-electron chi connectivity index (χ1n) is 6.46. The summed E-state index contributed by atoms with van der Waals surface area (Å²) in [6, 6.07) is 5.32. The normalized spacial score (nSPS) is 12.2. The summed E-state index contributed by atoms with van der Waals surface area (Å²) in [5, 5.41) is 3.46. The fraction of sp³-hybridized carbons (Fsp3) is 0.600. The number of benzene rings is 1. The van der Waals surface area contributed by atoms with Crippen LogP contribution in [-0.4, -0.2) is 30.6 Å². The van der Waals surface area contributed by atoms with Crippen LogP contribution in [0.4, 0.5) is 4.39 Å². The van der Waals surface area contributed by atoms with Gasteiger partial charge in [0, 0.05) is 25.2 Å². The molecule has 102 valence electrons. The van der Waals surface area contributed by atoms with Gasteiger partial charge in [-0.3, -0.25) is 0 Å². The maximum atomic E-state index is 13.1. The van der Waals surface area contributed by atoms with Crippen LogP contribution in [0.2, 0.25) is 0 Å². The summed E-state index contributed by atoms with van der Waals surface area (Å²) in [7, 11) is 2.09. The van der Waals surface area contributed by atoms with Crippen molar-refractivity contribution >= 4 is 0 Å². The first kappa shape index (κ1) is 15.1. The van der Waals surface area contributed by atoms with E-state index in [2.05, 4.69) is 38.0 Å². The predicted octanol–water partition coefficient (Wildman–Crippen LogP) is 2.95. The lowest BCUT2D eigenvalue weighted by Crippen LogP contribution is -2.40. The highest BCUT2D eigenvalue weighted by molar-refractivity contribution is 5.23. The summed E-state index contributed by atoms with van der Waals surface area (Å²) >= 11 is 0. The van der Waals surface area contributed by atoms with Crippen LogP contribution < -0.4 is 5.32 Å². The highest BCUT2D eigenvalue weighted by atomic mass is 19.1. The zero-order valence-corrected chi connectivity index (χ0v) is 12.2. The minimum Gasteiger partial charge on any atom is -0.311 e. The molecule has 0 heterocycles. The molecule has 0 aromatic heterocycles. The third kappa shape index (κ3) is 5.61. The Morgan fingerprint density at radius 2 is 1.94 bits per heavy atom. The topological polar surface area (TPSA) is 15.3 Å². The Labute approximate surface area is 110 Å². The Morgan fingerprint density at radius 1 is 1.28 bits per heavy atom. The van der Waals surface area contributed by atoms with Crippen molar-refractivity contribution in [2.45, 2.75) is 39.8 Å². The first-order valence-corrected chi connectivity index (χ1v) is 6.46. The van der Waals surface area contributed by atoms with E-state index in [0.29, 0.717) is 5.56 Å².